The molecule has 1 fully saturated rings. The predicted molar refractivity (Wildman–Crippen MR) is 55.3 cm³/mol. The van der Waals surface area contributed by atoms with E-state index >= 15 is 0 Å². The van der Waals surface area contributed by atoms with E-state index in [1.165, 1.54) is 6.08 Å². The molecule has 1 heterocycles. The van der Waals surface area contributed by atoms with Crippen LogP contribution in [0.2, 0.25) is 0 Å². The van der Waals surface area contributed by atoms with Gasteiger partial charge in [-0.3, -0.25) is 4.90 Å². The van der Waals surface area contributed by atoms with Crippen LogP contribution in [0, 0.1) is 11.8 Å². The van der Waals surface area contributed by atoms with Crippen LogP contribution >= 0.6 is 0 Å². The fourth-order valence-electron chi connectivity index (χ4n) is 1.33. The number of likely N-dealkylation sites (N-methyl/N-ethyl adjacent to an activating group) is 1. The highest BCUT2D eigenvalue weighted by Crippen LogP contribution is 2.24. The Bertz CT molecular complexity index is 313. The lowest BCUT2D eigenvalue weighted by atomic mass is 10.0. The number of likely N-dealkylation sites (tertiary alicyclic amines) is 1. The Kier molecular flexibility index (Phi) is 3.12. The summed E-state index contributed by atoms with van der Waals surface area (Å²) in [5, 5.41) is 19.6. The summed E-state index contributed by atoms with van der Waals surface area (Å²) in [5.41, 5.74) is -0.791. The van der Waals surface area contributed by atoms with Crippen LogP contribution in [0.3, 0.4) is 0 Å². The molecule has 1 rings (SSSR count). The first kappa shape index (κ1) is 11.0. The van der Waals surface area contributed by atoms with Crippen LogP contribution in [-0.4, -0.2) is 40.5 Å². The molecule has 3 heteroatoms. The highest BCUT2D eigenvalue weighted by Gasteiger charge is 2.42. The van der Waals surface area contributed by atoms with E-state index in [4.69, 9.17) is 0 Å². The highest BCUT2D eigenvalue weighted by atomic mass is 16.4. The minimum atomic E-state index is -1.33. The van der Waals surface area contributed by atoms with Crippen molar-refractivity contribution in [3.63, 3.8) is 0 Å². The lowest BCUT2D eigenvalue weighted by Crippen LogP contribution is -2.42. The van der Waals surface area contributed by atoms with Crippen molar-refractivity contribution < 1.29 is 10.2 Å². The van der Waals surface area contributed by atoms with Gasteiger partial charge in [-0.2, -0.15) is 0 Å². The summed E-state index contributed by atoms with van der Waals surface area (Å²) in [6, 6.07) is 0. The van der Waals surface area contributed by atoms with Crippen molar-refractivity contribution in [3.8, 4) is 11.8 Å². The molecular formula is C11H15NO2. The highest BCUT2D eigenvalue weighted by molar-refractivity contribution is 5.37. The first-order chi connectivity index (χ1) is 6.49. The van der Waals surface area contributed by atoms with Gasteiger partial charge in [-0.25, -0.2) is 0 Å². The van der Waals surface area contributed by atoms with Gasteiger partial charge in [-0.15, -0.1) is 0 Å². The quantitative estimate of drug-likeness (QED) is 0.459. The third-order valence-corrected chi connectivity index (χ3v) is 2.38. The van der Waals surface area contributed by atoms with E-state index in [0.717, 1.165) is 0 Å². The molecule has 0 aromatic heterocycles. The van der Waals surface area contributed by atoms with Gasteiger partial charge in [0.2, 0.25) is 0 Å². The van der Waals surface area contributed by atoms with E-state index in [0.29, 0.717) is 18.5 Å². The zero-order valence-corrected chi connectivity index (χ0v) is 8.32. The largest absolute Gasteiger partial charge is 0.374 e. The van der Waals surface area contributed by atoms with Crippen LogP contribution < -0.4 is 0 Å². The zero-order valence-electron chi connectivity index (χ0n) is 8.32. The Hall–Kier alpha value is -1.08. The Morgan fingerprint density at radius 2 is 2.36 bits per heavy atom. The van der Waals surface area contributed by atoms with Crippen LogP contribution in [0.5, 0.6) is 0 Å². The molecule has 2 unspecified atom stereocenters. The Labute approximate surface area is 84.4 Å². The third kappa shape index (κ3) is 2.05. The van der Waals surface area contributed by atoms with Gasteiger partial charge in [0.1, 0.15) is 6.23 Å². The van der Waals surface area contributed by atoms with E-state index in [1.54, 1.807) is 11.9 Å². The minimum absolute atomic E-state index is 0.447. The average molecular weight is 193 g/mol. The van der Waals surface area contributed by atoms with Crippen LogP contribution in [0.1, 0.15) is 6.42 Å². The maximum atomic E-state index is 9.93. The van der Waals surface area contributed by atoms with Gasteiger partial charge in [0.05, 0.1) is 0 Å². The first-order valence-corrected chi connectivity index (χ1v) is 4.45. The molecule has 1 aliphatic rings. The lowest BCUT2D eigenvalue weighted by molar-refractivity contribution is -0.0633. The smallest absolute Gasteiger partial charge is 0.166 e. The first-order valence-electron chi connectivity index (χ1n) is 4.45. The Morgan fingerprint density at radius 3 is 2.79 bits per heavy atom. The molecule has 3 nitrogen and oxygen atoms in total. The van der Waals surface area contributed by atoms with Crippen LogP contribution in [0.4, 0.5) is 0 Å². The molecule has 0 saturated carbocycles. The minimum Gasteiger partial charge on any atom is -0.374 e. The molecule has 2 atom stereocenters. The monoisotopic (exact) mass is 193 g/mol. The molecule has 0 aliphatic carbocycles. The number of rotatable bonds is 1. The van der Waals surface area contributed by atoms with Gasteiger partial charge in [0.15, 0.2) is 5.60 Å². The van der Waals surface area contributed by atoms with Gasteiger partial charge in [-0.05, 0) is 7.05 Å². The standard InChI is InChI=1S/C11H15NO2/c1-4-9(2)5-6-11(14)7-8-12(3)10(11)13/h4,10,13-14H,1-2,7-8H2,3H3. The lowest BCUT2D eigenvalue weighted by Gasteiger charge is -2.22. The molecule has 0 bridgehead atoms. The number of aliphatic hydroxyl groups excluding tert-OH is 1. The van der Waals surface area contributed by atoms with Gasteiger partial charge in [0, 0.05) is 18.5 Å². The van der Waals surface area contributed by atoms with E-state index in [2.05, 4.69) is 25.0 Å². The zero-order chi connectivity index (χ0) is 10.8. The second-order valence-corrected chi connectivity index (χ2v) is 3.51. The molecule has 76 valence electrons. The van der Waals surface area contributed by atoms with Crippen molar-refractivity contribution >= 4 is 0 Å². The van der Waals surface area contributed by atoms with Gasteiger partial charge in [0.25, 0.3) is 0 Å². The summed E-state index contributed by atoms with van der Waals surface area (Å²) >= 11 is 0. The molecule has 1 saturated heterocycles. The molecule has 1 aliphatic heterocycles. The second-order valence-electron chi connectivity index (χ2n) is 3.51. The van der Waals surface area contributed by atoms with Crippen LogP contribution in [-0.2, 0) is 0 Å². The molecular weight excluding hydrogens is 178 g/mol. The van der Waals surface area contributed by atoms with Crippen molar-refractivity contribution in [1.82, 2.24) is 4.90 Å². The molecule has 14 heavy (non-hydrogen) atoms. The predicted octanol–water partition coefficient (Wildman–Crippen LogP) is 0.117. The number of allylic oxidation sites excluding steroid dienone is 2. The molecule has 0 amide bonds. The van der Waals surface area contributed by atoms with Gasteiger partial charge in [-0.1, -0.05) is 31.1 Å². The molecule has 0 radical (unpaired) electrons. The third-order valence-electron chi connectivity index (χ3n) is 2.38. The number of nitrogens with zero attached hydrogens (tertiary/aromatic N) is 1. The summed E-state index contributed by atoms with van der Waals surface area (Å²) in [6.07, 6.45) is 1.04. The summed E-state index contributed by atoms with van der Waals surface area (Å²) in [4.78, 5) is 1.66. The van der Waals surface area contributed by atoms with Gasteiger partial charge >= 0.3 is 0 Å². The van der Waals surface area contributed by atoms with Crippen molar-refractivity contribution in [1.29, 1.82) is 0 Å². The molecule has 0 aromatic rings. The molecule has 0 aromatic carbocycles. The maximum absolute atomic E-state index is 9.93. The normalized spacial score (nSPS) is 32.1. The van der Waals surface area contributed by atoms with E-state index in [9.17, 15) is 10.2 Å². The van der Waals surface area contributed by atoms with Crippen LogP contribution in [0.25, 0.3) is 0 Å². The number of hydrogen-bond acceptors (Lipinski definition) is 3. The van der Waals surface area contributed by atoms with Crippen molar-refractivity contribution in [2.75, 3.05) is 13.6 Å². The van der Waals surface area contributed by atoms with E-state index < -0.39 is 11.8 Å². The summed E-state index contributed by atoms with van der Waals surface area (Å²) in [7, 11) is 1.74. The maximum Gasteiger partial charge on any atom is 0.166 e. The summed E-state index contributed by atoms with van der Waals surface area (Å²) < 4.78 is 0. The molecule has 0 spiro atoms. The summed E-state index contributed by atoms with van der Waals surface area (Å²) in [5.74, 6) is 5.30. The van der Waals surface area contributed by atoms with Crippen LogP contribution in [0.15, 0.2) is 24.8 Å². The van der Waals surface area contributed by atoms with Gasteiger partial charge < -0.3 is 10.2 Å². The second kappa shape index (κ2) is 3.97. The van der Waals surface area contributed by atoms with Crippen molar-refractivity contribution in [2.45, 2.75) is 18.2 Å². The number of hydrogen-bond donors (Lipinski definition) is 2. The SMILES string of the molecule is C=CC(=C)C#CC1(O)CCN(C)C1O. The van der Waals surface area contributed by atoms with E-state index in [-0.39, 0.29) is 0 Å². The van der Waals surface area contributed by atoms with Crippen molar-refractivity contribution in [2.24, 2.45) is 0 Å². The fraction of sp³-hybridized carbons (Fsp3) is 0.455. The summed E-state index contributed by atoms with van der Waals surface area (Å²) in [6.45, 7) is 7.75. The fourth-order valence-corrected chi connectivity index (χ4v) is 1.33. The molecule has 2 N–H and O–H groups in total. The van der Waals surface area contributed by atoms with Crippen molar-refractivity contribution in [3.05, 3.63) is 24.8 Å². The van der Waals surface area contributed by atoms with E-state index in [1.807, 2.05) is 0 Å². The number of aliphatic hydroxyl groups is 2. The average Bonchev–Trinajstić information content (AvgIpc) is 2.44. The Balaban J connectivity index is 2.80. The topological polar surface area (TPSA) is 43.7 Å². The Morgan fingerprint density at radius 1 is 1.71 bits per heavy atom.